The Morgan fingerprint density at radius 1 is 1.47 bits per heavy atom. The summed E-state index contributed by atoms with van der Waals surface area (Å²) in [6.07, 6.45) is 3.72. The largest absolute Gasteiger partial charge is 0.297 e. The molecule has 3 nitrogen and oxygen atoms in total. The molecule has 0 spiro atoms. The van der Waals surface area contributed by atoms with Crippen LogP contribution in [0.15, 0.2) is 36.0 Å². The zero-order valence-electron chi connectivity index (χ0n) is 9.64. The van der Waals surface area contributed by atoms with Crippen molar-refractivity contribution in [2.24, 2.45) is 0 Å². The molecule has 0 saturated heterocycles. The molecule has 96 valence electrons. The van der Waals surface area contributed by atoms with Crippen LogP contribution in [-0.4, -0.2) is 15.2 Å². The molecule has 2 aromatic heterocycles. The summed E-state index contributed by atoms with van der Waals surface area (Å²) in [5, 5.41) is 2.18. The summed E-state index contributed by atoms with van der Waals surface area (Å²) in [6.45, 7) is 0. The Hall–Kier alpha value is -1.72. The molecule has 3 aromatic rings. The second kappa shape index (κ2) is 4.75. The van der Waals surface area contributed by atoms with Gasteiger partial charge in [-0.1, -0.05) is 11.6 Å². The van der Waals surface area contributed by atoms with Gasteiger partial charge in [-0.2, -0.15) is 0 Å². The van der Waals surface area contributed by atoms with Gasteiger partial charge in [-0.3, -0.25) is 9.20 Å². The predicted octanol–water partition coefficient (Wildman–Crippen LogP) is 3.61. The number of thiazole rings is 1. The molecule has 0 aliphatic heterocycles. The number of nitrogens with zero attached hydrogens (tertiary/aromatic N) is 2. The molecule has 1 aromatic carbocycles. The first-order chi connectivity index (χ1) is 9.13. The molecule has 0 bridgehead atoms. The molecular weight excluding hydrogens is 287 g/mol. The highest BCUT2D eigenvalue weighted by Crippen LogP contribution is 2.17. The van der Waals surface area contributed by atoms with Crippen LogP contribution in [0.1, 0.15) is 16.1 Å². The molecule has 0 radical (unpaired) electrons. The van der Waals surface area contributed by atoms with Crippen molar-refractivity contribution in [3.8, 4) is 0 Å². The Morgan fingerprint density at radius 2 is 2.32 bits per heavy atom. The van der Waals surface area contributed by atoms with Crippen LogP contribution < -0.4 is 0 Å². The van der Waals surface area contributed by atoms with E-state index in [9.17, 15) is 9.18 Å². The summed E-state index contributed by atoms with van der Waals surface area (Å²) >= 11 is 7.14. The topological polar surface area (TPSA) is 34.4 Å². The molecule has 3 rings (SSSR count). The van der Waals surface area contributed by atoms with Gasteiger partial charge in [-0.15, -0.1) is 11.3 Å². The van der Waals surface area contributed by atoms with E-state index in [1.807, 2.05) is 16.0 Å². The van der Waals surface area contributed by atoms with Gasteiger partial charge in [0, 0.05) is 22.8 Å². The maximum absolute atomic E-state index is 13.6. The third-order valence-electron chi connectivity index (χ3n) is 2.72. The van der Waals surface area contributed by atoms with Crippen LogP contribution in [0.4, 0.5) is 4.39 Å². The van der Waals surface area contributed by atoms with E-state index in [0.717, 1.165) is 11.0 Å². The van der Waals surface area contributed by atoms with E-state index in [4.69, 9.17) is 11.6 Å². The Labute approximate surface area is 117 Å². The summed E-state index contributed by atoms with van der Waals surface area (Å²) in [5.41, 5.74) is 0.673. The molecule has 0 amide bonds. The number of hydrogen-bond acceptors (Lipinski definition) is 3. The number of ketones is 1. The van der Waals surface area contributed by atoms with Gasteiger partial charge in [0.1, 0.15) is 5.82 Å². The fourth-order valence-corrected chi connectivity index (χ4v) is 2.71. The summed E-state index contributed by atoms with van der Waals surface area (Å²) in [7, 11) is 0. The highest BCUT2D eigenvalue weighted by atomic mass is 35.5. The van der Waals surface area contributed by atoms with Crippen LogP contribution in [0, 0.1) is 5.82 Å². The lowest BCUT2D eigenvalue weighted by molar-refractivity contribution is 0.0988. The molecular formula is C13H8ClFN2OS. The number of Topliss-reactive ketones (excluding diaryl/α,β-unsaturated/α-hetero) is 1. The number of aromatic nitrogens is 2. The second-order valence-corrected chi connectivity index (χ2v) is 5.36. The van der Waals surface area contributed by atoms with E-state index < -0.39 is 5.82 Å². The normalized spacial score (nSPS) is 11.1. The minimum Gasteiger partial charge on any atom is -0.297 e. The van der Waals surface area contributed by atoms with Gasteiger partial charge in [-0.05, 0) is 18.2 Å². The van der Waals surface area contributed by atoms with Gasteiger partial charge in [0.25, 0.3) is 0 Å². The number of imidazole rings is 1. The summed E-state index contributed by atoms with van der Waals surface area (Å²) < 4.78 is 15.5. The lowest BCUT2D eigenvalue weighted by Crippen LogP contribution is -2.06. The first-order valence-electron chi connectivity index (χ1n) is 5.53. The lowest BCUT2D eigenvalue weighted by atomic mass is 10.1. The van der Waals surface area contributed by atoms with Gasteiger partial charge in [0.15, 0.2) is 10.7 Å². The van der Waals surface area contributed by atoms with E-state index in [0.29, 0.717) is 5.69 Å². The van der Waals surface area contributed by atoms with Crippen LogP contribution >= 0.6 is 22.9 Å². The monoisotopic (exact) mass is 294 g/mol. The van der Waals surface area contributed by atoms with Gasteiger partial charge in [-0.25, -0.2) is 9.37 Å². The molecule has 2 heterocycles. The average molecular weight is 295 g/mol. The predicted molar refractivity (Wildman–Crippen MR) is 72.5 cm³/mol. The van der Waals surface area contributed by atoms with Crippen molar-refractivity contribution < 1.29 is 9.18 Å². The van der Waals surface area contributed by atoms with Crippen molar-refractivity contribution in [1.29, 1.82) is 0 Å². The SMILES string of the molecule is O=C(Cc1cn2ccsc2n1)c1ccc(Cl)cc1F. The molecule has 0 fully saturated rings. The van der Waals surface area contributed by atoms with E-state index in [2.05, 4.69) is 4.98 Å². The van der Waals surface area contributed by atoms with Crippen molar-refractivity contribution in [2.45, 2.75) is 6.42 Å². The molecule has 0 unspecified atom stereocenters. The van der Waals surface area contributed by atoms with Crippen molar-refractivity contribution in [1.82, 2.24) is 9.38 Å². The van der Waals surface area contributed by atoms with Crippen molar-refractivity contribution in [3.05, 3.63) is 58.1 Å². The molecule has 0 saturated carbocycles. The molecule has 6 heteroatoms. The minimum atomic E-state index is -0.599. The van der Waals surface area contributed by atoms with E-state index in [-0.39, 0.29) is 22.8 Å². The lowest BCUT2D eigenvalue weighted by Gasteiger charge is -2.01. The maximum Gasteiger partial charge on any atom is 0.193 e. The van der Waals surface area contributed by atoms with Gasteiger partial charge in [0.2, 0.25) is 0 Å². The molecule has 19 heavy (non-hydrogen) atoms. The van der Waals surface area contributed by atoms with E-state index >= 15 is 0 Å². The molecule has 0 aliphatic rings. The summed E-state index contributed by atoms with van der Waals surface area (Å²) in [6, 6.07) is 4.04. The zero-order valence-corrected chi connectivity index (χ0v) is 11.2. The average Bonchev–Trinajstić information content (AvgIpc) is 2.89. The Balaban J connectivity index is 1.86. The zero-order chi connectivity index (χ0) is 13.4. The highest BCUT2D eigenvalue weighted by Gasteiger charge is 2.14. The summed E-state index contributed by atoms with van der Waals surface area (Å²) in [5.74, 6) is -0.904. The van der Waals surface area contributed by atoms with Crippen LogP contribution in [0.2, 0.25) is 5.02 Å². The number of carbonyl (C=O) groups excluding carboxylic acids is 1. The molecule has 0 aliphatic carbocycles. The fourth-order valence-electron chi connectivity index (χ4n) is 1.84. The number of hydrogen-bond donors (Lipinski definition) is 0. The van der Waals surface area contributed by atoms with Gasteiger partial charge >= 0.3 is 0 Å². The third-order valence-corrected chi connectivity index (χ3v) is 3.72. The van der Waals surface area contributed by atoms with Crippen LogP contribution in [0.3, 0.4) is 0 Å². The minimum absolute atomic E-state index is 0.0424. The van der Waals surface area contributed by atoms with Gasteiger partial charge in [0.05, 0.1) is 17.7 Å². The standard InChI is InChI=1S/C13H8ClFN2OS/c14-8-1-2-10(11(15)5-8)12(18)6-9-7-17-3-4-19-13(17)16-9/h1-5,7H,6H2. The molecule has 0 atom stereocenters. The number of benzene rings is 1. The number of halogens is 2. The van der Waals surface area contributed by atoms with Crippen LogP contribution in [-0.2, 0) is 6.42 Å². The van der Waals surface area contributed by atoms with Crippen molar-refractivity contribution in [2.75, 3.05) is 0 Å². The summed E-state index contributed by atoms with van der Waals surface area (Å²) in [4.78, 5) is 17.1. The second-order valence-electron chi connectivity index (χ2n) is 4.05. The van der Waals surface area contributed by atoms with E-state index in [1.54, 1.807) is 6.20 Å². The van der Waals surface area contributed by atoms with Crippen LogP contribution in [0.25, 0.3) is 4.96 Å². The van der Waals surface area contributed by atoms with Crippen molar-refractivity contribution >= 4 is 33.7 Å². The van der Waals surface area contributed by atoms with Crippen LogP contribution in [0.5, 0.6) is 0 Å². The number of rotatable bonds is 3. The Morgan fingerprint density at radius 3 is 3.05 bits per heavy atom. The number of carbonyl (C=O) groups is 1. The quantitative estimate of drug-likeness (QED) is 0.692. The Kier molecular flexibility index (Phi) is 3.08. The first kappa shape index (κ1) is 12.3. The van der Waals surface area contributed by atoms with E-state index in [1.165, 1.54) is 23.5 Å². The highest BCUT2D eigenvalue weighted by molar-refractivity contribution is 7.15. The van der Waals surface area contributed by atoms with Crippen molar-refractivity contribution in [3.63, 3.8) is 0 Å². The first-order valence-corrected chi connectivity index (χ1v) is 6.78. The Bertz CT molecular complexity index is 736. The smallest absolute Gasteiger partial charge is 0.193 e. The maximum atomic E-state index is 13.6. The van der Waals surface area contributed by atoms with Gasteiger partial charge < -0.3 is 0 Å². The molecule has 0 N–H and O–H groups in total. The fraction of sp³-hybridized carbons (Fsp3) is 0.0769. The third kappa shape index (κ3) is 2.39. The number of fused-ring (bicyclic) bond motifs is 1.